The number of carbonyl (C=O) groups is 2. The molecule has 0 aliphatic heterocycles. The Hall–Kier alpha value is -3.45. The third-order valence-corrected chi connectivity index (χ3v) is 5.53. The number of benzene rings is 2. The van der Waals surface area contributed by atoms with Crippen LogP contribution in [-0.4, -0.2) is 16.8 Å². The minimum atomic E-state index is -0.303. The lowest BCUT2D eigenvalue weighted by Gasteiger charge is -2.08. The van der Waals surface area contributed by atoms with E-state index in [9.17, 15) is 9.59 Å². The summed E-state index contributed by atoms with van der Waals surface area (Å²) in [6, 6.07) is 18.7. The largest absolute Gasteiger partial charge is 0.448 e. The van der Waals surface area contributed by atoms with Gasteiger partial charge < -0.3 is 15.1 Å². The molecule has 0 bridgehead atoms. The van der Waals surface area contributed by atoms with Crippen molar-refractivity contribution in [3.05, 3.63) is 72.0 Å². The highest BCUT2D eigenvalue weighted by Gasteiger charge is 2.15. The number of nitrogens with zero attached hydrogens (tertiary/aromatic N) is 1. The first-order valence-electron chi connectivity index (χ1n) is 9.75. The second kappa shape index (κ2) is 8.92. The van der Waals surface area contributed by atoms with Crippen molar-refractivity contribution < 1.29 is 14.0 Å². The van der Waals surface area contributed by atoms with Crippen molar-refractivity contribution in [1.29, 1.82) is 0 Å². The fourth-order valence-electron chi connectivity index (χ4n) is 3.03. The Bertz CT molecular complexity index is 1160. The number of rotatable bonds is 7. The van der Waals surface area contributed by atoms with Gasteiger partial charge in [-0.15, -0.1) is 11.3 Å². The summed E-state index contributed by atoms with van der Waals surface area (Å²) in [5, 5.41) is 6.45. The van der Waals surface area contributed by atoms with Crippen molar-refractivity contribution >= 4 is 39.1 Å². The molecule has 0 aliphatic rings. The molecule has 7 heteroatoms. The zero-order chi connectivity index (χ0) is 20.9. The molecule has 0 unspecified atom stereocenters. The lowest BCUT2D eigenvalue weighted by molar-refractivity contribution is -0.116. The van der Waals surface area contributed by atoms with E-state index in [4.69, 9.17) is 4.42 Å². The second-order valence-electron chi connectivity index (χ2n) is 6.83. The molecule has 0 radical (unpaired) electrons. The van der Waals surface area contributed by atoms with Crippen molar-refractivity contribution in [2.45, 2.75) is 26.3 Å². The van der Waals surface area contributed by atoms with Crippen molar-refractivity contribution in [3.8, 4) is 10.8 Å². The SMILES string of the molecule is CCCC(=O)Nc1cccc(CNC(=O)c2ccc(-c3nc4ccccc4s3)o2)c1. The molecule has 0 aliphatic carbocycles. The smallest absolute Gasteiger partial charge is 0.287 e. The van der Waals surface area contributed by atoms with Crippen LogP contribution < -0.4 is 10.6 Å². The van der Waals surface area contributed by atoms with Crippen LogP contribution in [0.3, 0.4) is 0 Å². The molecule has 152 valence electrons. The molecule has 4 aromatic rings. The summed E-state index contributed by atoms with van der Waals surface area (Å²) in [5.41, 5.74) is 2.51. The van der Waals surface area contributed by atoms with Crippen LogP contribution in [0.4, 0.5) is 5.69 Å². The normalized spacial score (nSPS) is 10.8. The lowest BCUT2D eigenvalue weighted by Crippen LogP contribution is -2.22. The average Bonchev–Trinajstić information content (AvgIpc) is 3.39. The highest BCUT2D eigenvalue weighted by Crippen LogP contribution is 2.31. The summed E-state index contributed by atoms with van der Waals surface area (Å²) in [7, 11) is 0. The number of fused-ring (bicyclic) bond motifs is 1. The molecule has 30 heavy (non-hydrogen) atoms. The summed E-state index contributed by atoms with van der Waals surface area (Å²) in [6.07, 6.45) is 1.28. The van der Waals surface area contributed by atoms with Crippen LogP contribution in [0.5, 0.6) is 0 Å². The molecule has 6 nitrogen and oxygen atoms in total. The van der Waals surface area contributed by atoms with Crippen molar-refractivity contribution in [2.24, 2.45) is 0 Å². The first-order valence-corrected chi connectivity index (χ1v) is 10.6. The molecule has 0 saturated carbocycles. The van der Waals surface area contributed by atoms with Crippen LogP contribution in [-0.2, 0) is 11.3 Å². The van der Waals surface area contributed by atoms with Gasteiger partial charge >= 0.3 is 0 Å². The van der Waals surface area contributed by atoms with E-state index in [1.54, 1.807) is 12.1 Å². The average molecular weight is 420 g/mol. The Balaban J connectivity index is 1.40. The van der Waals surface area contributed by atoms with Gasteiger partial charge in [0.1, 0.15) is 0 Å². The number of carbonyl (C=O) groups excluding carboxylic acids is 2. The van der Waals surface area contributed by atoms with Gasteiger partial charge in [0, 0.05) is 18.7 Å². The van der Waals surface area contributed by atoms with Crippen molar-refractivity contribution in [3.63, 3.8) is 0 Å². The third kappa shape index (κ3) is 4.58. The number of furan rings is 1. The monoisotopic (exact) mass is 419 g/mol. The first kappa shape index (κ1) is 19.8. The number of para-hydroxylation sites is 1. The van der Waals surface area contributed by atoms with Crippen LogP contribution in [0.15, 0.2) is 65.1 Å². The van der Waals surface area contributed by atoms with Gasteiger partial charge in [-0.3, -0.25) is 9.59 Å². The Labute approximate surface area is 177 Å². The Morgan fingerprint density at radius 1 is 1.07 bits per heavy atom. The fraction of sp³-hybridized carbons (Fsp3) is 0.174. The van der Waals surface area contributed by atoms with E-state index in [-0.39, 0.29) is 17.6 Å². The molecule has 0 atom stereocenters. The van der Waals surface area contributed by atoms with Gasteiger partial charge in [-0.2, -0.15) is 0 Å². The summed E-state index contributed by atoms with van der Waals surface area (Å²) >= 11 is 1.52. The number of hydrogen-bond donors (Lipinski definition) is 2. The van der Waals surface area contributed by atoms with E-state index in [1.165, 1.54) is 11.3 Å². The van der Waals surface area contributed by atoms with Gasteiger partial charge in [-0.05, 0) is 48.4 Å². The molecule has 0 saturated heterocycles. The van der Waals surface area contributed by atoms with E-state index in [2.05, 4.69) is 15.6 Å². The van der Waals surface area contributed by atoms with E-state index >= 15 is 0 Å². The predicted molar refractivity (Wildman–Crippen MR) is 118 cm³/mol. The number of nitrogens with one attached hydrogen (secondary N) is 2. The maximum absolute atomic E-state index is 12.5. The number of hydrogen-bond acceptors (Lipinski definition) is 5. The second-order valence-corrected chi connectivity index (χ2v) is 7.86. The minimum Gasteiger partial charge on any atom is -0.448 e. The highest BCUT2D eigenvalue weighted by atomic mass is 32.1. The quantitative estimate of drug-likeness (QED) is 0.430. The summed E-state index contributed by atoms with van der Waals surface area (Å²) in [5.74, 6) is 0.484. The lowest BCUT2D eigenvalue weighted by atomic mass is 10.2. The molecule has 0 fully saturated rings. The number of amides is 2. The van der Waals surface area contributed by atoms with Gasteiger partial charge in [-0.25, -0.2) is 4.98 Å². The van der Waals surface area contributed by atoms with E-state index < -0.39 is 0 Å². The van der Waals surface area contributed by atoms with Crippen LogP contribution in [0.25, 0.3) is 21.0 Å². The molecule has 2 aromatic heterocycles. The van der Waals surface area contributed by atoms with Gasteiger partial charge in [-0.1, -0.05) is 31.2 Å². The molecule has 2 N–H and O–H groups in total. The van der Waals surface area contributed by atoms with E-state index in [1.807, 2.05) is 55.5 Å². The van der Waals surface area contributed by atoms with Crippen molar-refractivity contribution in [2.75, 3.05) is 5.32 Å². The number of aromatic nitrogens is 1. The summed E-state index contributed by atoms with van der Waals surface area (Å²) in [6.45, 7) is 2.29. The minimum absolute atomic E-state index is 0.0170. The number of anilines is 1. The molecule has 2 heterocycles. The van der Waals surface area contributed by atoms with Crippen molar-refractivity contribution in [1.82, 2.24) is 10.3 Å². The molecular weight excluding hydrogens is 398 g/mol. The topological polar surface area (TPSA) is 84.2 Å². The van der Waals surface area contributed by atoms with Crippen LogP contribution >= 0.6 is 11.3 Å². The highest BCUT2D eigenvalue weighted by molar-refractivity contribution is 7.21. The number of thiazole rings is 1. The first-order chi connectivity index (χ1) is 14.6. The van der Waals surface area contributed by atoms with Crippen LogP contribution in [0.1, 0.15) is 35.9 Å². The molecular formula is C23H21N3O3S. The molecule has 4 rings (SSSR count). The third-order valence-electron chi connectivity index (χ3n) is 4.48. The standard InChI is InChI=1S/C23H21N3O3S/c1-2-6-21(27)25-16-8-5-7-15(13-16)14-24-22(28)18-11-12-19(29-18)23-26-17-9-3-4-10-20(17)30-23/h3-5,7-13H,2,6,14H2,1H3,(H,24,28)(H,25,27). The van der Waals surface area contributed by atoms with Gasteiger partial charge in [0.05, 0.1) is 10.2 Å². The summed E-state index contributed by atoms with van der Waals surface area (Å²) < 4.78 is 6.80. The predicted octanol–water partition coefficient (Wildman–Crippen LogP) is 5.22. The fourth-order valence-corrected chi connectivity index (χ4v) is 3.96. The zero-order valence-electron chi connectivity index (χ0n) is 16.5. The van der Waals surface area contributed by atoms with E-state index in [0.29, 0.717) is 18.7 Å². The molecule has 2 aromatic carbocycles. The van der Waals surface area contributed by atoms with Crippen LogP contribution in [0.2, 0.25) is 0 Å². The maximum atomic E-state index is 12.5. The zero-order valence-corrected chi connectivity index (χ0v) is 17.3. The Morgan fingerprint density at radius 3 is 2.77 bits per heavy atom. The van der Waals surface area contributed by atoms with Crippen LogP contribution in [0, 0.1) is 0 Å². The Kier molecular flexibility index (Phi) is 5.90. The summed E-state index contributed by atoms with van der Waals surface area (Å²) in [4.78, 5) is 28.8. The Morgan fingerprint density at radius 2 is 1.93 bits per heavy atom. The maximum Gasteiger partial charge on any atom is 0.287 e. The van der Waals surface area contributed by atoms with Gasteiger partial charge in [0.2, 0.25) is 5.91 Å². The molecule has 0 spiro atoms. The van der Waals surface area contributed by atoms with E-state index in [0.717, 1.165) is 32.9 Å². The van der Waals surface area contributed by atoms with Gasteiger partial charge in [0.15, 0.2) is 16.5 Å². The molecule has 2 amide bonds. The van der Waals surface area contributed by atoms with Gasteiger partial charge in [0.25, 0.3) is 5.91 Å².